The van der Waals surface area contributed by atoms with Crippen molar-refractivity contribution in [1.82, 2.24) is 10.2 Å². The van der Waals surface area contributed by atoms with Crippen molar-refractivity contribution in [3.05, 3.63) is 23.8 Å². The predicted octanol–water partition coefficient (Wildman–Crippen LogP) is 1.00. The summed E-state index contributed by atoms with van der Waals surface area (Å²) in [7, 11) is 0. The first-order valence-electron chi connectivity index (χ1n) is 7.81. The van der Waals surface area contributed by atoms with Gasteiger partial charge in [-0.05, 0) is 32.0 Å². The quantitative estimate of drug-likeness (QED) is 0.819. The molecule has 0 aliphatic carbocycles. The Hall–Kier alpha value is -1.30. The van der Waals surface area contributed by atoms with E-state index in [1.165, 1.54) is 12.8 Å². The van der Waals surface area contributed by atoms with Crippen LogP contribution in [0.4, 0.5) is 0 Å². The molecule has 0 saturated carbocycles. The Bertz CT molecular complexity index is 461. The molecule has 116 valence electrons. The lowest BCUT2D eigenvalue weighted by atomic mass is 10.1. The zero-order valence-corrected chi connectivity index (χ0v) is 12.4. The minimum absolute atomic E-state index is 0.320. The van der Waals surface area contributed by atoms with Crippen molar-refractivity contribution in [3.63, 3.8) is 0 Å². The van der Waals surface area contributed by atoms with E-state index < -0.39 is 0 Å². The smallest absolute Gasteiger partial charge is 0.165 e. The molecule has 21 heavy (non-hydrogen) atoms. The van der Waals surface area contributed by atoms with Crippen LogP contribution in [0.25, 0.3) is 0 Å². The largest absolute Gasteiger partial charge is 0.486 e. The number of ether oxygens (including phenoxy) is 2. The lowest BCUT2D eigenvalue weighted by Gasteiger charge is -2.22. The lowest BCUT2D eigenvalue weighted by molar-refractivity contribution is 0.123. The van der Waals surface area contributed by atoms with Crippen LogP contribution in [0.15, 0.2) is 18.2 Å². The highest BCUT2D eigenvalue weighted by Crippen LogP contribution is 2.33. The highest BCUT2D eigenvalue weighted by atomic mass is 16.6. The van der Waals surface area contributed by atoms with Crippen LogP contribution in [0.2, 0.25) is 0 Å². The highest BCUT2D eigenvalue weighted by Gasteiger charge is 2.17. The maximum absolute atomic E-state index is 10.1. The Balaban J connectivity index is 1.46. The number of hydrogen-bond acceptors (Lipinski definition) is 5. The van der Waals surface area contributed by atoms with E-state index >= 15 is 0 Å². The zero-order chi connectivity index (χ0) is 14.5. The Morgan fingerprint density at radius 1 is 1.19 bits per heavy atom. The molecule has 2 heterocycles. The normalized spacial score (nSPS) is 19.7. The number of fused-ring (bicyclic) bond motifs is 1. The summed E-state index contributed by atoms with van der Waals surface area (Å²) < 4.78 is 11.3. The number of nitrogens with zero attached hydrogens (tertiary/aromatic N) is 1. The fourth-order valence-electron chi connectivity index (χ4n) is 2.97. The molecule has 3 rings (SSSR count). The third-order valence-electron chi connectivity index (χ3n) is 4.01. The second-order valence-electron chi connectivity index (χ2n) is 5.73. The van der Waals surface area contributed by atoms with Crippen LogP contribution in [-0.4, -0.2) is 55.5 Å². The van der Waals surface area contributed by atoms with Gasteiger partial charge in [-0.1, -0.05) is 12.1 Å². The van der Waals surface area contributed by atoms with Gasteiger partial charge in [-0.15, -0.1) is 0 Å². The third kappa shape index (κ3) is 3.87. The fraction of sp³-hybridized carbons (Fsp3) is 0.625. The van der Waals surface area contributed by atoms with E-state index in [4.69, 9.17) is 9.47 Å². The number of aliphatic hydroxyl groups is 1. The first kappa shape index (κ1) is 14.6. The summed E-state index contributed by atoms with van der Waals surface area (Å²) in [6.07, 6.45) is 2.20. The van der Waals surface area contributed by atoms with Gasteiger partial charge in [-0.25, -0.2) is 0 Å². The predicted molar refractivity (Wildman–Crippen MR) is 80.8 cm³/mol. The standard InChI is InChI=1S/C16H24N2O3/c19-14(12-18-6-1-2-7-18)11-17-10-13-4-3-5-15-16(13)21-9-8-20-15/h3-5,14,17,19H,1-2,6-12H2. The van der Waals surface area contributed by atoms with Gasteiger partial charge in [0.15, 0.2) is 11.5 Å². The van der Waals surface area contributed by atoms with Gasteiger partial charge in [0, 0.05) is 25.2 Å². The lowest BCUT2D eigenvalue weighted by Crippen LogP contribution is -2.36. The Kier molecular flexibility index (Phi) is 4.95. The van der Waals surface area contributed by atoms with E-state index in [9.17, 15) is 5.11 Å². The monoisotopic (exact) mass is 292 g/mol. The summed E-state index contributed by atoms with van der Waals surface area (Å²) in [6.45, 7) is 5.49. The molecular formula is C16H24N2O3. The average molecular weight is 292 g/mol. The van der Waals surface area contributed by atoms with Gasteiger partial charge in [-0.3, -0.25) is 0 Å². The first-order valence-corrected chi connectivity index (χ1v) is 7.81. The summed E-state index contributed by atoms with van der Waals surface area (Å²) in [6, 6.07) is 5.94. The molecule has 2 aliphatic rings. The molecule has 5 heteroatoms. The fourth-order valence-corrected chi connectivity index (χ4v) is 2.97. The minimum Gasteiger partial charge on any atom is -0.486 e. The number of likely N-dealkylation sites (tertiary alicyclic amines) is 1. The molecule has 1 aromatic rings. The molecule has 1 atom stereocenters. The topological polar surface area (TPSA) is 54.0 Å². The van der Waals surface area contributed by atoms with Crippen molar-refractivity contribution < 1.29 is 14.6 Å². The number of rotatable bonds is 6. The molecule has 0 aromatic heterocycles. The van der Waals surface area contributed by atoms with Gasteiger partial charge in [0.05, 0.1) is 6.10 Å². The van der Waals surface area contributed by atoms with E-state index in [1.54, 1.807) is 0 Å². The molecule has 2 aliphatic heterocycles. The molecule has 0 bridgehead atoms. The highest BCUT2D eigenvalue weighted by molar-refractivity contribution is 5.47. The van der Waals surface area contributed by atoms with Crippen molar-refractivity contribution in [2.45, 2.75) is 25.5 Å². The number of β-amino-alcohol motifs (C(OH)–C–C–N with tert-alkyl or cyclic N) is 1. The van der Waals surface area contributed by atoms with Gasteiger partial charge in [-0.2, -0.15) is 0 Å². The third-order valence-corrected chi connectivity index (χ3v) is 4.01. The number of benzene rings is 1. The number of nitrogens with one attached hydrogen (secondary N) is 1. The van der Waals surface area contributed by atoms with E-state index in [-0.39, 0.29) is 6.10 Å². The van der Waals surface area contributed by atoms with Crippen LogP contribution < -0.4 is 14.8 Å². The maximum atomic E-state index is 10.1. The van der Waals surface area contributed by atoms with Gasteiger partial charge >= 0.3 is 0 Å². The van der Waals surface area contributed by atoms with Crippen LogP contribution in [0.5, 0.6) is 11.5 Å². The van der Waals surface area contributed by atoms with E-state index in [0.717, 1.165) is 36.7 Å². The molecule has 1 unspecified atom stereocenters. The maximum Gasteiger partial charge on any atom is 0.165 e. The second kappa shape index (κ2) is 7.11. The van der Waals surface area contributed by atoms with Crippen molar-refractivity contribution >= 4 is 0 Å². The van der Waals surface area contributed by atoms with Gasteiger partial charge in [0.2, 0.25) is 0 Å². The molecule has 1 saturated heterocycles. The summed E-state index contributed by atoms with van der Waals surface area (Å²) in [5.41, 5.74) is 1.08. The molecule has 1 aromatic carbocycles. The van der Waals surface area contributed by atoms with Crippen LogP contribution in [-0.2, 0) is 6.54 Å². The molecule has 2 N–H and O–H groups in total. The molecule has 0 amide bonds. The Morgan fingerprint density at radius 2 is 2.00 bits per heavy atom. The van der Waals surface area contributed by atoms with E-state index in [2.05, 4.69) is 10.2 Å². The van der Waals surface area contributed by atoms with Crippen molar-refractivity contribution in [1.29, 1.82) is 0 Å². The van der Waals surface area contributed by atoms with Crippen LogP contribution in [0.1, 0.15) is 18.4 Å². The van der Waals surface area contributed by atoms with Crippen LogP contribution in [0.3, 0.4) is 0 Å². The molecule has 5 nitrogen and oxygen atoms in total. The summed E-state index contributed by atoms with van der Waals surface area (Å²) in [5, 5.41) is 13.4. The van der Waals surface area contributed by atoms with Gasteiger partial charge < -0.3 is 24.8 Å². The summed E-state index contributed by atoms with van der Waals surface area (Å²) in [4.78, 5) is 2.33. The zero-order valence-electron chi connectivity index (χ0n) is 12.4. The summed E-state index contributed by atoms with van der Waals surface area (Å²) >= 11 is 0. The number of para-hydroxylation sites is 1. The summed E-state index contributed by atoms with van der Waals surface area (Å²) in [5.74, 6) is 1.66. The minimum atomic E-state index is -0.320. The first-order chi connectivity index (χ1) is 10.3. The van der Waals surface area contributed by atoms with Crippen molar-refractivity contribution in [2.75, 3.05) is 39.4 Å². The molecule has 0 radical (unpaired) electrons. The van der Waals surface area contributed by atoms with Crippen molar-refractivity contribution in [2.24, 2.45) is 0 Å². The van der Waals surface area contributed by atoms with E-state index in [0.29, 0.717) is 26.3 Å². The average Bonchev–Trinajstić information content (AvgIpc) is 3.00. The van der Waals surface area contributed by atoms with Gasteiger partial charge in [0.25, 0.3) is 0 Å². The molecular weight excluding hydrogens is 268 g/mol. The number of hydrogen-bond donors (Lipinski definition) is 2. The molecule has 0 spiro atoms. The van der Waals surface area contributed by atoms with E-state index in [1.807, 2.05) is 18.2 Å². The van der Waals surface area contributed by atoms with Gasteiger partial charge in [0.1, 0.15) is 13.2 Å². The number of aliphatic hydroxyl groups excluding tert-OH is 1. The van der Waals surface area contributed by atoms with Crippen LogP contribution in [0, 0.1) is 0 Å². The SMILES string of the molecule is OC(CNCc1cccc2c1OCCO2)CN1CCCC1. The Labute approximate surface area is 125 Å². The van der Waals surface area contributed by atoms with Crippen LogP contribution >= 0.6 is 0 Å². The second-order valence-corrected chi connectivity index (χ2v) is 5.73. The Morgan fingerprint density at radius 3 is 2.86 bits per heavy atom. The van der Waals surface area contributed by atoms with Crippen molar-refractivity contribution in [3.8, 4) is 11.5 Å². The molecule has 1 fully saturated rings.